The summed E-state index contributed by atoms with van der Waals surface area (Å²) in [5, 5.41) is 0. The van der Waals surface area contributed by atoms with Gasteiger partial charge in [-0.15, -0.1) is 0 Å². The van der Waals surface area contributed by atoms with E-state index < -0.39 is 0 Å². The second-order valence-corrected chi connectivity index (χ2v) is 5.20. The van der Waals surface area contributed by atoms with Crippen LogP contribution in [0.2, 0.25) is 0 Å². The van der Waals surface area contributed by atoms with Gasteiger partial charge >= 0.3 is 0 Å². The first-order valence-corrected chi connectivity index (χ1v) is 6.91. The van der Waals surface area contributed by atoms with Crippen LogP contribution in [0.15, 0.2) is 30.5 Å². The number of hydrogen-bond donors (Lipinski definition) is 0. The number of rotatable bonds is 3. The minimum atomic E-state index is 0.854. The molecule has 0 unspecified atom stereocenters. The van der Waals surface area contributed by atoms with Crippen LogP contribution in [-0.4, -0.2) is 28.5 Å². The van der Waals surface area contributed by atoms with Crippen LogP contribution in [0.1, 0.15) is 22.6 Å². The van der Waals surface area contributed by atoms with Gasteiger partial charge in [-0.3, -0.25) is 4.90 Å². The van der Waals surface area contributed by atoms with Crippen molar-refractivity contribution < 1.29 is 4.74 Å². The van der Waals surface area contributed by atoms with E-state index in [1.54, 1.807) is 7.11 Å². The molecule has 2 heterocycles. The molecule has 3 rings (SSSR count). The van der Waals surface area contributed by atoms with Crippen LogP contribution in [0.4, 0.5) is 0 Å². The van der Waals surface area contributed by atoms with Gasteiger partial charge in [0.15, 0.2) is 0 Å². The van der Waals surface area contributed by atoms with E-state index in [9.17, 15) is 0 Å². The molecule has 104 valence electrons. The average molecular weight is 269 g/mol. The molecule has 0 fully saturated rings. The standard InChI is InChI=1S/C16H19N3O/c1-12-17-9-14-6-7-19(11-16(14)18-12)10-13-4-3-5-15(8-13)20-2/h3-5,8-9H,6-7,10-11H2,1-2H3. The van der Waals surface area contributed by atoms with Crippen molar-refractivity contribution >= 4 is 0 Å². The lowest BCUT2D eigenvalue weighted by atomic mass is 10.1. The van der Waals surface area contributed by atoms with Gasteiger partial charge in [0.05, 0.1) is 12.8 Å². The highest BCUT2D eigenvalue weighted by molar-refractivity contribution is 5.29. The van der Waals surface area contributed by atoms with Gasteiger partial charge in [-0.25, -0.2) is 9.97 Å². The van der Waals surface area contributed by atoms with Crippen molar-refractivity contribution in [2.45, 2.75) is 26.4 Å². The molecule has 0 saturated heterocycles. The van der Waals surface area contributed by atoms with Crippen molar-refractivity contribution in [3.63, 3.8) is 0 Å². The fraction of sp³-hybridized carbons (Fsp3) is 0.375. The first-order chi connectivity index (χ1) is 9.74. The van der Waals surface area contributed by atoms with Crippen molar-refractivity contribution in [3.05, 3.63) is 53.1 Å². The van der Waals surface area contributed by atoms with Gasteiger partial charge in [-0.1, -0.05) is 12.1 Å². The Morgan fingerprint density at radius 3 is 3.10 bits per heavy atom. The highest BCUT2D eigenvalue weighted by atomic mass is 16.5. The summed E-state index contributed by atoms with van der Waals surface area (Å²) in [4.78, 5) is 11.3. The van der Waals surface area contributed by atoms with Crippen LogP contribution >= 0.6 is 0 Å². The number of aromatic nitrogens is 2. The summed E-state index contributed by atoms with van der Waals surface area (Å²) < 4.78 is 5.28. The zero-order valence-electron chi connectivity index (χ0n) is 12.0. The fourth-order valence-corrected chi connectivity index (χ4v) is 2.62. The molecule has 1 aromatic heterocycles. The first kappa shape index (κ1) is 13.1. The lowest BCUT2D eigenvalue weighted by Crippen LogP contribution is -2.31. The Labute approximate surface area is 119 Å². The predicted molar refractivity (Wildman–Crippen MR) is 77.6 cm³/mol. The third-order valence-electron chi connectivity index (χ3n) is 3.69. The topological polar surface area (TPSA) is 38.2 Å². The van der Waals surface area contributed by atoms with Gasteiger partial charge in [0.25, 0.3) is 0 Å². The van der Waals surface area contributed by atoms with Crippen molar-refractivity contribution in [1.82, 2.24) is 14.9 Å². The second-order valence-electron chi connectivity index (χ2n) is 5.20. The molecule has 0 amide bonds. The van der Waals surface area contributed by atoms with Gasteiger partial charge in [0, 0.05) is 25.8 Å². The van der Waals surface area contributed by atoms with E-state index in [2.05, 4.69) is 27.0 Å². The Morgan fingerprint density at radius 2 is 2.25 bits per heavy atom. The summed E-state index contributed by atoms with van der Waals surface area (Å²) in [6.07, 6.45) is 3.00. The molecule has 0 bridgehead atoms. The maximum absolute atomic E-state index is 5.28. The van der Waals surface area contributed by atoms with E-state index in [4.69, 9.17) is 4.74 Å². The monoisotopic (exact) mass is 269 g/mol. The number of aryl methyl sites for hydroxylation is 1. The molecule has 0 saturated carbocycles. The summed E-state index contributed by atoms with van der Waals surface area (Å²) >= 11 is 0. The third kappa shape index (κ3) is 2.80. The number of benzene rings is 1. The molecule has 0 radical (unpaired) electrons. The minimum Gasteiger partial charge on any atom is -0.497 e. The normalized spacial score (nSPS) is 14.9. The lowest BCUT2D eigenvalue weighted by molar-refractivity contribution is 0.240. The molecule has 4 nitrogen and oxygen atoms in total. The molecule has 2 aromatic rings. The van der Waals surface area contributed by atoms with Gasteiger partial charge < -0.3 is 4.74 Å². The summed E-state index contributed by atoms with van der Waals surface area (Å²) in [6.45, 7) is 4.83. The van der Waals surface area contributed by atoms with Crippen LogP contribution in [0.5, 0.6) is 5.75 Å². The van der Waals surface area contributed by atoms with Crippen molar-refractivity contribution in [1.29, 1.82) is 0 Å². The highest BCUT2D eigenvalue weighted by Crippen LogP contribution is 2.20. The molecule has 0 N–H and O–H groups in total. The van der Waals surface area contributed by atoms with E-state index in [1.807, 2.05) is 25.3 Å². The van der Waals surface area contributed by atoms with Crippen LogP contribution in [0.25, 0.3) is 0 Å². The zero-order valence-corrected chi connectivity index (χ0v) is 12.0. The second kappa shape index (κ2) is 5.59. The smallest absolute Gasteiger partial charge is 0.125 e. The van der Waals surface area contributed by atoms with Gasteiger partial charge in [-0.2, -0.15) is 0 Å². The molecule has 0 aliphatic carbocycles. The van der Waals surface area contributed by atoms with Crippen LogP contribution in [0, 0.1) is 6.92 Å². The molecule has 0 atom stereocenters. The number of hydrogen-bond acceptors (Lipinski definition) is 4. The highest BCUT2D eigenvalue weighted by Gasteiger charge is 2.18. The number of nitrogens with zero attached hydrogens (tertiary/aromatic N) is 3. The molecule has 0 spiro atoms. The SMILES string of the molecule is COc1cccc(CN2CCc3cnc(C)nc3C2)c1. The lowest BCUT2D eigenvalue weighted by Gasteiger charge is -2.27. The molecular formula is C16H19N3O. The molecule has 1 aliphatic heterocycles. The van der Waals surface area contributed by atoms with E-state index in [-0.39, 0.29) is 0 Å². The quantitative estimate of drug-likeness (QED) is 0.857. The number of ether oxygens (including phenoxy) is 1. The Morgan fingerprint density at radius 1 is 1.35 bits per heavy atom. The predicted octanol–water partition coefficient (Wildman–Crippen LogP) is 2.35. The van der Waals surface area contributed by atoms with Crippen LogP contribution in [0.3, 0.4) is 0 Å². The Balaban J connectivity index is 1.73. The molecule has 1 aromatic carbocycles. The van der Waals surface area contributed by atoms with Gasteiger partial charge in [0.1, 0.15) is 11.6 Å². The van der Waals surface area contributed by atoms with E-state index in [1.165, 1.54) is 16.8 Å². The van der Waals surface area contributed by atoms with Crippen LogP contribution in [-0.2, 0) is 19.5 Å². The molecular weight excluding hydrogens is 250 g/mol. The summed E-state index contributed by atoms with van der Waals surface area (Å²) in [7, 11) is 1.70. The molecule has 1 aliphatic rings. The average Bonchev–Trinajstić information content (AvgIpc) is 2.47. The van der Waals surface area contributed by atoms with Crippen LogP contribution < -0.4 is 4.74 Å². The maximum atomic E-state index is 5.28. The summed E-state index contributed by atoms with van der Waals surface area (Å²) in [6, 6.07) is 8.26. The number of fused-ring (bicyclic) bond motifs is 1. The van der Waals surface area contributed by atoms with E-state index >= 15 is 0 Å². The van der Waals surface area contributed by atoms with E-state index in [0.29, 0.717) is 0 Å². The van der Waals surface area contributed by atoms with E-state index in [0.717, 1.165) is 37.6 Å². The Bertz CT molecular complexity index is 612. The third-order valence-corrected chi connectivity index (χ3v) is 3.69. The summed E-state index contributed by atoms with van der Waals surface area (Å²) in [5.41, 5.74) is 3.74. The van der Waals surface area contributed by atoms with Gasteiger partial charge in [-0.05, 0) is 36.6 Å². The first-order valence-electron chi connectivity index (χ1n) is 6.91. The molecule has 4 heteroatoms. The van der Waals surface area contributed by atoms with Crippen molar-refractivity contribution in [2.24, 2.45) is 0 Å². The summed E-state index contributed by atoms with van der Waals surface area (Å²) in [5.74, 6) is 1.77. The largest absolute Gasteiger partial charge is 0.497 e. The minimum absolute atomic E-state index is 0.854. The fourth-order valence-electron chi connectivity index (χ4n) is 2.62. The maximum Gasteiger partial charge on any atom is 0.125 e. The van der Waals surface area contributed by atoms with Crippen molar-refractivity contribution in [3.8, 4) is 5.75 Å². The Hall–Kier alpha value is -1.94. The number of methoxy groups -OCH3 is 1. The zero-order chi connectivity index (χ0) is 13.9. The van der Waals surface area contributed by atoms with Crippen molar-refractivity contribution in [2.75, 3.05) is 13.7 Å². The molecule has 20 heavy (non-hydrogen) atoms. The van der Waals surface area contributed by atoms with Gasteiger partial charge in [0.2, 0.25) is 0 Å². The Kier molecular flexibility index (Phi) is 3.65.